The van der Waals surface area contributed by atoms with Crippen molar-refractivity contribution in [3.8, 4) is 0 Å². The van der Waals surface area contributed by atoms with E-state index >= 15 is 0 Å². The number of allylic oxidation sites excluding steroid dienone is 4. The van der Waals surface area contributed by atoms with Crippen LogP contribution in [0.15, 0.2) is 59.0 Å². The van der Waals surface area contributed by atoms with Crippen LogP contribution in [-0.2, 0) is 4.74 Å². The molecule has 1 N–H and O–H groups in total. The molecular weight excluding hydrogens is 324 g/mol. The second kappa shape index (κ2) is 9.13. The number of aliphatic imine (C=N–C) groups is 2. The summed E-state index contributed by atoms with van der Waals surface area (Å²) in [4.78, 5) is 8.89. The number of aliphatic hydroxyl groups excluding tert-OH is 1. The molecule has 0 saturated heterocycles. The van der Waals surface area contributed by atoms with Gasteiger partial charge in [-0.05, 0) is 62.2 Å². The minimum absolute atomic E-state index is 0.121. The highest BCUT2D eigenvalue weighted by Gasteiger charge is 2.28. The molecule has 3 aliphatic rings. The van der Waals surface area contributed by atoms with E-state index in [4.69, 9.17) is 4.74 Å². The lowest BCUT2D eigenvalue weighted by molar-refractivity contribution is 0.0379. The molecule has 26 heavy (non-hydrogen) atoms. The van der Waals surface area contributed by atoms with E-state index in [9.17, 15) is 5.11 Å². The van der Waals surface area contributed by atoms with Gasteiger partial charge in [-0.3, -0.25) is 9.98 Å². The maximum absolute atomic E-state index is 9.75. The number of nitrogens with zero attached hydrogens (tertiary/aromatic N) is 2. The maximum atomic E-state index is 9.75. The molecule has 2 saturated carbocycles. The second-order valence-electron chi connectivity index (χ2n) is 7.39. The van der Waals surface area contributed by atoms with E-state index in [-0.39, 0.29) is 12.2 Å². The molecule has 0 bridgehead atoms. The van der Waals surface area contributed by atoms with Crippen LogP contribution in [0, 0.1) is 5.92 Å². The van der Waals surface area contributed by atoms with Gasteiger partial charge in [0.1, 0.15) is 11.5 Å². The number of ether oxygens (including phenoxy) is 1. The van der Waals surface area contributed by atoms with E-state index in [1.54, 1.807) is 6.20 Å². The number of aliphatic hydroxyl groups is 1. The zero-order chi connectivity index (χ0) is 18.4. The predicted octanol–water partition coefficient (Wildman–Crippen LogP) is 4.88. The lowest BCUT2D eigenvalue weighted by atomic mass is 9.81. The van der Waals surface area contributed by atoms with Gasteiger partial charge < -0.3 is 9.84 Å². The summed E-state index contributed by atoms with van der Waals surface area (Å²) in [5, 5.41) is 9.75. The minimum Gasteiger partial charge on any atom is -0.488 e. The van der Waals surface area contributed by atoms with E-state index in [1.165, 1.54) is 43.9 Å². The van der Waals surface area contributed by atoms with Gasteiger partial charge >= 0.3 is 0 Å². The predicted molar refractivity (Wildman–Crippen MR) is 107 cm³/mol. The normalized spacial score (nSPS) is 30.7. The van der Waals surface area contributed by atoms with Crippen molar-refractivity contribution in [3.63, 3.8) is 0 Å². The van der Waals surface area contributed by atoms with Crippen LogP contribution >= 0.6 is 0 Å². The first kappa shape index (κ1) is 18.8. The van der Waals surface area contributed by atoms with Gasteiger partial charge in [-0.15, -0.1) is 0 Å². The van der Waals surface area contributed by atoms with E-state index in [1.807, 2.05) is 0 Å². The van der Waals surface area contributed by atoms with E-state index < -0.39 is 0 Å². The minimum atomic E-state index is -0.188. The van der Waals surface area contributed by atoms with Crippen LogP contribution in [0.3, 0.4) is 0 Å². The molecule has 3 aliphatic carbocycles. The van der Waals surface area contributed by atoms with Crippen molar-refractivity contribution in [3.05, 3.63) is 49.0 Å². The Morgan fingerprint density at radius 1 is 0.923 bits per heavy atom. The summed E-state index contributed by atoms with van der Waals surface area (Å²) < 4.78 is 6.36. The van der Waals surface area contributed by atoms with Crippen LogP contribution in [0.1, 0.15) is 57.8 Å². The van der Waals surface area contributed by atoms with Crippen LogP contribution in [0.2, 0.25) is 0 Å². The van der Waals surface area contributed by atoms with Crippen molar-refractivity contribution in [1.82, 2.24) is 0 Å². The third kappa shape index (κ3) is 4.61. The molecular formula is C22H30N2O2. The Hall–Kier alpha value is -1.94. The van der Waals surface area contributed by atoms with Gasteiger partial charge in [0, 0.05) is 12.4 Å². The van der Waals surface area contributed by atoms with Crippen LogP contribution in [0.4, 0.5) is 0 Å². The summed E-state index contributed by atoms with van der Waals surface area (Å²) in [6.45, 7) is 7.49. The van der Waals surface area contributed by atoms with Crippen LogP contribution < -0.4 is 0 Å². The highest BCUT2D eigenvalue weighted by Crippen LogP contribution is 2.34. The molecule has 4 nitrogen and oxygen atoms in total. The first-order chi connectivity index (χ1) is 12.7. The van der Waals surface area contributed by atoms with Crippen LogP contribution in [0.25, 0.3) is 0 Å². The lowest BCUT2D eigenvalue weighted by Crippen LogP contribution is -2.29. The molecule has 0 radical (unpaired) electrons. The van der Waals surface area contributed by atoms with Crippen molar-refractivity contribution in [2.24, 2.45) is 15.9 Å². The second-order valence-corrected chi connectivity index (χ2v) is 7.39. The van der Waals surface area contributed by atoms with Gasteiger partial charge in [0.05, 0.1) is 17.9 Å². The zero-order valence-corrected chi connectivity index (χ0v) is 15.6. The van der Waals surface area contributed by atoms with Gasteiger partial charge in [-0.1, -0.05) is 32.4 Å². The lowest BCUT2D eigenvalue weighted by Gasteiger charge is -2.30. The fraction of sp³-hybridized carbons (Fsp3) is 0.545. The largest absolute Gasteiger partial charge is 0.488 e. The van der Waals surface area contributed by atoms with Crippen molar-refractivity contribution in [2.45, 2.75) is 70.0 Å². The maximum Gasteiger partial charge on any atom is 0.147 e. The molecule has 0 atom stereocenters. The summed E-state index contributed by atoms with van der Waals surface area (Å²) in [5.74, 6) is 1.35. The highest BCUT2D eigenvalue weighted by atomic mass is 16.5. The molecule has 0 aliphatic heterocycles. The molecule has 0 spiro atoms. The summed E-state index contributed by atoms with van der Waals surface area (Å²) in [5.41, 5.74) is 2.82. The SMILES string of the molecule is C=CN=C1C=C(C2CCCCC2)C=C(OC2CCC(O)CC2)C1=NC=C. The van der Waals surface area contributed by atoms with Gasteiger partial charge in [0.25, 0.3) is 0 Å². The Morgan fingerprint density at radius 3 is 2.27 bits per heavy atom. The molecule has 140 valence electrons. The Bertz CT molecular complexity index is 643. The average Bonchev–Trinajstić information content (AvgIpc) is 2.67. The van der Waals surface area contributed by atoms with Gasteiger partial charge in [-0.25, -0.2) is 0 Å². The Kier molecular flexibility index (Phi) is 6.62. The van der Waals surface area contributed by atoms with Gasteiger partial charge in [-0.2, -0.15) is 0 Å². The fourth-order valence-electron chi connectivity index (χ4n) is 4.14. The number of rotatable bonds is 5. The Morgan fingerprint density at radius 2 is 1.62 bits per heavy atom. The molecule has 0 amide bonds. The standard InChI is InChI=1S/C22H30N2O2/c1-3-23-20-14-17(16-8-6-5-7-9-16)15-21(22(20)24-4-2)26-19-12-10-18(25)11-13-19/h3-4,14-16,18-19,25H,1-2,5-13H2. The van der Waals surface area contributed by atoms with E-state index in [0.717, 1.165) is 42.9 Å². The van der Waals surface area contributed by atoms with E-state index in [0.29, 0.717) is 5.92 Å². The zero-order valence-electron chi connectivity index (χ0n) is 15.6. The Labute approximate surface area is 156 Å². The summed E-state index contributed by atoms with van der Waals surface area (Å²) in [6.07, 6.45) is 17.0. The molecule has 0 heterocycles. The monoisotopic (exact) mass is 354 g/mol. The molecule has 0 aromatic heterocycles. The van der Waals surface area contributed by atoms with E-state index in [2.05, 4.69) is 35.3 Å². The van der Waals surface area contributed by atoms with Crippen molar-refractivity contribution >= 4 is 11.4 Å². The molecule has 0 unspecified atom stereocenters. The van der Waals surface area contributed by atoms with Crippen LogP contribution in [-0.4, -0.2) is 28.7 Å². The highest BCUT2D eigenvalue weighted by molar-refractivity contribution is 6.52. The van der Waals surface area contributed by atoms with Crippen LogP contribution in [0.5, 0.6) is 0 Å². The van der Waals surface area contributed by atoms with Crippen molar-refractivity contribution in [1.29, 1.82) is 0 Å². The summed E-state index contributed by atoms with van der Waals surface area (Å²) >= 11 is 0. The van der Waals surface area contributed by atoms with Gasteiger partial charge in [0.15, 0.2) is 0 Å². The molecule has 4 heteroatoms. The number of hydrogen-bond donors (Lipinski definition) is 1. The first-order valence-electron chi connectivity index (χ1n) is 9.87. The summed E-state index contributed by atoms with van der Waals surface area (Å²) in [6, 6.07) is 0. The third-order valence-electron chi connectivity index (χ3n) is 5.54. The number of hydrogen-bond acceptors (Lipinski definition) is 4. The van der Waals surface area contributed by atoms with Crippen molar-refractivity contribution in [2.75, 3.05) is 0 Å². The molecule has 3 rings (SSSR count). The fourth-order valence-corrected chi connectivity index (χ4v) is 4.14. The van der Waals surface area contributed by atoms with Crippen molar-refractivity contribution < 1.29 is 9.84 Å². The molecule has 0 aromatic carbocycles. The first-order valence-corrected chi connectivity index (χ1v) is 9.87. The quantitative estimate of drug-likeness (QED) is 0.715. The molecule has 2 fully saturated rings. The summed E-state index contributed by atoms with van der Waals surface area (Å²) in [7, 11) is 0. The topological polar surface area (TPSA) is 54.2 Å². The third-order valence-corrected chi connectivity index (χ3v) is 5.54. The molecule has 0 aromatic rings. The van der Waals surface area contributed by atoms with Gasteiger partial charge in [0.2, 0.25) is 0 Å². The average molecular weight is 354 g/mol. The smallest absolute Gasteiger partial charge is 0.147 e. The Balaban J connectivity index is 1.87.